The van der Waals surface area contributed by atoms with E-state index in [1.807, 2.05) is 6.92 Å². The fourth-order valence-electron chi connectivity index (χ4n) is 4.48. The second kappa shape index (κ2) is 7.72. The summed E-state index contributed by atoms with van der Waals surface area (Å²) in [6, 6.07) is 0.101. The van der Waals surface area contributed by atoms with Gasteiger partial charge in [0.05, 0.1) is 6.10 Å². The lowest BCUT2D eigenvalue weighted by Gasteiger charge is -2.55. The van der Waals surface area contributed by atoms with Crippen LogP contribution in [0.5, 0.6) is 0 Å². The predicted molar refractivity (Wildman–Crippen MR) is 95.4 cm³/mol. The maximum atomic E-state index is 12.3. The number of aryl methyl sites for hydroxylation is 1. The number of carbonyl (C=O) groups excluding carboxylic acids is 1. The first-order chi connectivity index (χ1) is 12.1. The van der Waals surface area contributed by atoms with Crippen molar-refractivity contribution in [2.45, 2.75) is 78.0 Å². The maximum absolute atomic E-state index is 12.3. The van der Waals surface area contributed by atoms with Crippen LogP contribution in [0, 0.1) is 5.41 Å². The first-order valence-electron chi connectivity index (χ1n) is 9.71. The number of urea groups is 1. The summed E-state index contributed by atoms with van der Waals surface area (Å²) in [4.78, 5) is 12.3. The van der Waals surface area contributed by atoms with Crippen LogP contribution in [0.4, 0.5) is 4.79 Å². The normalized spacial score (nSPS) is 23.8. The summed E-state index contributed by atoms with van der Waals surface area (Å²) in [6.07, 6.45) is 6.08. The fraction of sp³-hybridized carbons (Fsp3) is 0.833. The molecule has 7 nitrogen and oxygen atoms in total. The van der Waals surface area contributed by atoms with Crippen LogP contribution >= 0.6 is 0 Å². The molecule has 2 amide bonds. The summed E-state index contributed by atoms with van der Waals surface area (Å²) in [5.41, 5.74) is 0.0706. The minimum Gasteiger partial charge on any atom is -0.378 e. The van der Waals surface area contributed by atoms with E-state index in [-0.39, 0.29) is 23.6 Å². The first kappa shape index (κ1) is 18.2. The number of carbonyl (C=O) groups is 1. The summed E-state index contributed by atoms with van der Waals surface area (Å²) in [5.74, 6) is 2.05. The Balaban J connectivity index is 1.46. The van der Waals surface area contributed by atoms with Crippen molar-refractivity contribution in [3.63, 3.8) is 0 Å². The van der Waals surface area contributed by atoms with Crippen molar-refractivity contribution >= 4 is 6.03 Å². The molecule has 2 aliphatic rings. The first-order valence-corrected chi connectivity index (χ1v) is 9.71. The Labute approximate surface area is 149 Å². The standard InChI is InChI=1S/C18H31N5O2/c1-4-18(5-2)13(12-14(18)25-6-3)20-17(24)19-10-9-16-22-21-15-8-7-11-23(15)16/h13-14H,4-12H2,1-3H3,(H2,19,20,24)/t13-,14+/m1/s1. The Morgan fingerprint density at radius 2 is 2.12 bits per heavy atom. The smallest absolute Gasteiger partial charge is 0.315 e. The van der Waals surface area contributed by atoms with Gasteiger partial charge in [-0.05, 0) is 32.6 Å². The van der Waals surface area contributed by atoms with Gasteiger partial charge in [-0.3, -0.25) is 0 Å². The number of nitrogens with zero attached hydrogens (tertiary/aromatic N) is 3. The molecule has 0 bridgehead atoms. The molecule has 2 N–H and O–H groups in total. The number of hydrogen-bond donors (Lipinski definition) is 2. The molecule has 1 aliphatic carbocycles. The summed E-state index contributed by atoms with van der Waals surface area (Å²) < 4.78 is 8.05. The number of fused-ring (bicyclic) bond motifs is 1. The fourth-order valence-corrected chi connectivity index (χ4v) is 4.48. The number of nitrogens with one attached hydrogen (secondary N) is 2. The Bertz CT molecular complexity index is 596. The molecule has 0 saturated heterocycles. The lowest BCUT2D eigenvalue weighted by atomic mass is 9.58. The van der Waals surface area contributed by atoms with Gasteiger partial charge in [0.2, 0.25) is 0 Å². The molecule has 1 aliphatic heterocycles. The molecule has 1 aromatic heterocycles. The van der Waals surface area contributed by atoms with Gasteiger partial charge in [-0.2, -0.15) is 0 Å². The van der Waals surface area contributed by atoms with Crippen LogP contribution in [0.1, 0.15) is 58.1 Å². The molecule has 2 atom stereocenters. The van der Waals surface area contributed by atoms with E-state index in [1.54, 1.807) is 0 Å². The molecule has 140 valence electrons. The summed E-state index contributed by atoms with van der Waals surface area (Å²) in [6.45, 7) is 8.72. The van der Waals surface area contributed by atoms with Crippen molar-refractivity contribution in [3.05, 3.63) is 11.6 Å². The maximum Gasteiger partial charge on any atom is 0.315 e. The van der Waals surface area contributed by atoms with E-state index < -0.39 is 0 Å². The molecule has 1 saturated carbocycles. The predicted octanol–water partition coefficient (Wildman–Crippen LogP) is 2.05. The molecule has 25 heavy (non-hydrogen) atoms. The van der Waals surface area contributed by atoms with E-state index in [4.69, 9.17) is 4.74 Å². The van der Waals surface area contributed by atoms with Crippen LogP contribution in [0.3, 0.4) is 0 Å². The molecule has 1 aromatic rings. The van der Waals surface area contributed by atoms with Gasteiger partial charge < -0.3 is 19.9 Å². The van der Waals surface area contributed by atoms with Crippen LogP contribution in [-0.4, -0.2) is 46.1 Å². The highest BCUT2D eigenvalue weighted by molar-refractivity contribution is 5.74. The van der Waals surface area contributed by atoms with Gasteiger partial charge in [0.25, 0.3) is 0 Å². The van der Waals surface area contributed by atoms with Gasteiger partial charge in [-0.25, -0.2) is 4.79 Å². The van der Waals surface area contributed by atoms with Crippen LogP contribution in [0.25, 0.3) is 0 Å². The zero-order valence-corrected chi connectivity index (χ0v) is 15.7. The zero-order valence-electron chi connectivity index (χ0n) is 15.7. The molecule has 0 aromatic carbocycles. The van der Waals surface area contributed by atoms with E-state index >= 15 is 0 Å². The molecule has 3 rings (SSSR count). The Morgan fingerprint density at radius 1 is 1.32 bits per heavy atom. The average molecular weight is 349 g/mol. The highest BCUT2D eigenvalue weighted by atomic mass is 16.5. The molecule has 1 fully saturated rings. The summed E-state index contributed by atoms with van der Waals surface area (Å²) >= 11 is 0. The van der Waals surface area contributed by atoms with Gasteiger partial charge in [0, 0.05) is 44.0 Å². The quantitative estimate of drug-likeness (QED) is 0.753. The van der Waals surface area contributed by atoms with Crippen LogP contribution in [0.2, 0.25) is 0 Å². The topological polar surface area (TPSA) is 81.1 Å². The molecule has 2 heterocycles. The van der Waals surface area contributed by atoms with Crippen molar-refractivity contribution in [1.29, 1.82) is 0 Å². The van der Waals surface area contributed by atoms with Crippen LogP contribution < -0.4 is 10.6 Å². The van der Waals surface area contributed by atoms with Crippen LogP contribution in [-0.2, 0) is 24.1 Å². The van der Waals surface area contributed by atoms with Gasteiger partial charge in [-0.15, -0.1) is 10.2 Å². The second-order valence-electron chi connectivity index (χ2n) is 7.11. The third-order valence-electron chi connectivity index (χ3n) is 6.09. The monoisotopic (exact) mass is 349 g/mol. The van der Waals surface area contributed by atoms with Gasteiger partial charge in [-0.1, -0.05) is 13.8 Å². The SMILES string of the molecule is CCO[C@H]1C[C@@H](NC(=O)NCCc2nnc3n2CCC3)C1(CC)CC. The Hall–Kier alpha value is -1.63. The molecule has 0 unspecified atom stereocenters. The van der Waals surface area contributed by atoms with E-state index in [1.165, 1.54) is 0 Å². The minimum atomic E-state index is -0.0904. The van der Waals surface area contributed by atoms with E-state index in [9.17, 15) is 4.79 Å². The van der Waals surface area contributed by atoms with E-state index in [2.05, 4.69) is 39.2 Å². The highest BCUT2D eigenvalue weighted by Crippen LogP contribution is 2.48. The molecule has 7 heteroatoms. The lowest BCUT2D eigenvalue weighted by molar-refractivity contribution is -0.134. The largest absolute Gasteiger partial charge is 0.378 e. The van der Waals surface area contributed by atoms with Crippen LogP contribution in [0.15, 0.2) is 0 Å². The molecule has 0 radical (unpaired) electrons. The van der Waals surface area contributed by atoms with Crippen molar-refractivity contribution in [1.82, 2.24) is 25.4 Å². The molecular weight excluding hydrogens is 318 g/mol. The number of ether oxygens (including phenoxy) is 1. The average Bonchev–Trinajstić information content (AvgIpc) is 3.20. The summed E-state index contributed by atoms with van der Waals surface area (Å²) in [7, 11) is 0. The summed E-state index contributed by atoms with van der Waals surface area (Å²) in [5, 5.41) is 14.6. The third-order valence-corrected chi connectivity index (χ3v) is 6.09. The number of hydrogen-bond acceptors (Lipinski definition) is 4. The van der Waals surface area contributed by atoms with Gasteiger partial charge >= 0.3 is 6.03 Å². The number of amides is 2. The molecular formula is C18H31N5O2. The van der Waals surface area contributed by atoms with Crippen molar-refractivity contribution in [2.75, 3.05) is 13.2 Å². The van der Waals surface area contributed by atoms with E-state index in [0.29, 0.717) is 6.54 Å². The third kappa shape index (κ3) is 3.38. The van der Waals surface area contributed by atoms with Gasteiger partial charge in [0.15, 0.2) is 0 Å². The molecule has 0 spiro atoms. The second-order valence-corrected chi connectivity index (χ2v) is 7.11. The Kier molecular flexibility index (Phi) is 5.61. The number of aromatic nitrogens is 3. The van der Waals surface area contributed by atoms with Crippen molar-refractivity contribution < 1.29 is 9.53 Å². The minimum absolute atomic E-state index is 0.0706. The van der Waals surface area contributed by atoms with Crippen molar-refractivity contribution in [3.8, 4) is 0 Å². The highest BCUT2D eigenvalue weighted by Gasteiger charge is 2.53. The Morgan fingerprint density at radius 3 is 2.84 bits per heavy atom. The van der Waals surface area contributed by atoms with Crippen molar-refractivity contribution in [2.24, 2.45) is 5.41 Å². The number of rotatable bonds is 8. The lowest BCUT2D eigenvalue weighted by Crippen LogP contribution is -2.65. The van der Waals surface area contributed by atoms with E-state index in [0.717, 1.165) is 63.3 Å². The van der Waals surface area contributed by atoms with Gasteiger partial charge in [0.1, 0.15) is 11.6 Å². The zero-order chi connectivity index (χ0) is 17.9.